The fourth-order valence-corrected chi connectivity index (χ4v) is 3.93. The Balaban J connectivity index is 1.46. The van der Waals surface area contributed by atoms with E-state index in [1.807, 2.05) is 12.1 Å². The van der Waals surface area contributed by atoms with Gasteiger partial charge >= 0.3 is 0 Å². The van der Waals surface area contributed by atoms with Crippen LogP contribution in [0.3, 0.4) is 0 Å². The number of ether oxygens (including phenoxy) is 1. The molecule has 0 radical (unpaired) electrons. The van der Waals surface area contributed by atoms with Crippen molar-refractivity contribution in [1.82, 2.24) is 14.6 Å². The number of unbranched alkanes of at least 4 members (excludes halogenated alkanes) is 3. The molecule has 148 valence electrons. The van der Waals surface area contributed by atoms with Gasteiger partial charge < -0.3 is 9.26 Å². The predicted molar refractivity (Wildman–Crippen MR) is 111 cm³/mol. The third kappa shape index (κ3) is 4.31. The maximum absolute atomic E-state index is 6.22. The molecular formula is C22H26ClN3O2. The van der Waals surface area contributed by atoms with E-state index in [1.165, 1.54) is 19.3 Å². The molecule has 3 aromatic rings. The summed E-state index contributed by atoms with van der Waals surface area (Å²) in [4.78, 5) is 4.57. The zero-order valence-electron chi connectivity index (χ0n) is 16.2. The SMILES string of the molecule is CCCCCCOc1ccc2cc(-c3noc([C@@H]4CCCN4Cl)n3)ccc2c1. The fraction of sp³-hybridized carbons (Fsp3) is 0.455. The molecule has 0 unspecified atom stereocenters. The van der Waals surface area contributed by atoms with Gasteiger partial charge in [-0.25, -0.2) is 4.42 Å². The van der Waals surface area contributed by atoms with Crippen molar-refractivity contribution < 1.29 is 9.26 Å². The van der Waals surface area contributed by atoms with Gasteiger partial charge in [-0.05, 0) is 60.0 Å². The second-order valence-corrected chi connectivity index (χ2v) is 7.80. The van der Waals surface area contributed by atoms with Crippen molar-refractivity contribution in [3.8, 4) is 17.1 Å². The van der Waals surface area contributed by atoms with Gasteiger partial charge in [-0.1, -0.05) is 49.5 Å². The number of hydrogen-bond acceptors (Lipinski definition) is 5. The van der Waals surface area contributed by atoms with Crippen molar-refractivity contribution in [2.45, 2.75) is 51.5 Å². The van der Waals surface area contributed by atoms with Crippen LogP contribution in [-0.4, -0.2) is 27.7 Å². The van der Waals surface area contributed by atoms with Gasteiger partial charge in [0.2, 0.25) is 11.7 Å². The molecule has 1 atom stereocenters. The molecule has 1 aliphatic heterocycles. The summed E-state index contributed by atoms with van der Waals surface area (Å²) >= 11 is 6.22. The third-order valence-electron chi connectivity index (χ3n) is 5.25. The van der Waals surface area contributed by atoms with Gasteiger partial charge in [0, 0.05) is 12.1 Å². The number of aromatic nitrogens is 2. The standard InChI is InChI=1S/C22H26ClN3O2/c1-2-3-4-5-13-27-19-11-10-16-14-18(9-8-17(16)15-19)21-24-22(28-25-21)20-7-6-12-26(20)23/h8-11,14-15,20H,2-7,12-13H2,1H3/t20-/m0/s1. The maximum atomic E-state index is 6.22. The van der Waals surface area contributed by atoms with Crippen LogP contribution < -0.4 is 4.74 Å². The highest BCUT2D eigenvalue weighted by Crippen LogP contribution is 2.33. The molecule has 2 heterocycles. The summed E-state index contributed by atoms with van der Waals surface area (Å²) in [5.41, 5.74) is 0.940. The van der Waals surface area contributed by atoms with E-state index in [2.05, 4.69) is 41.3 Å². The van der Waals surface area contributed by atoms with Gasteiger partial charge in [0.25, 0.3) is 0 Å². The summed E-state index contributed by atoms with van der Waals surface area (Å²) in [7, 11) is 0. The molecular weight excluding hydrogens is 374 g/mol. The molecule has 6 heteroatoms. The van der Waals surface area contributed by atoms with Crippen molar-refractivity contribution in [3.63, 3.8) is 0 Å². The lowest BCUT2D eigenvalue weighted by molar-refractivity contribution is 0.298. The van der Waals surface area contributed by atoms with Crippen molar-refractivity contribution in [2.24, 2.45) is 0 Å². The van der Waals surface area contributed by atoms with Crippen molar-refractivity contribution in [3.05, 3.63) is 42.3 Å². The number of nitrogens with zero attached hydrogens (tertiary/aromatic N) is 3. The Morgan fingerprint density at radius 3 is 2.82 bits per heavy atom. The molecule has 1 fully saturated rings. The lowest BCUT2D eigenvalue weighted by atomic mass is 10.1. The van der Waals surface area contributed by atoms with E-state index in [9.17, 15) is 0 Å². The van der Waals surface area contributed by atoms with E-state index >= 15 is 0 Å². The van der Waals surface area contributed by atoms with Crippen LogP contribution in [0.2, 0.25) is 0 Å². The summed E-state index contributed by atoms with van der Waals surface area (Å²) in [6, 6.07) is 12.4. The second kappa shape index (κ2) is 8.93. The molecule has 0 spiro atoms. The highest BCUT2D eigenvalue weighted by molar-refractivity contribution is 6.13. The fourth-order valence-electron chi connectivity index (χ4n) is 3.63. The van der Waals surface area contributed by atoms with Gasteiger partial charge in [-0.3, -0.25) is 0 Å². The summed E-state index contributed by atoms with van der Waals surface area (Å²) in [6.07, 6.45) is 6.83. The quantitative estimate of drug-likeness (QED) is 0.336. The Morgan fingerprint density at radius 2 is 2.00 bits per heavy atom. The summed E-state index contributed by atoms with van der Waals surface area (Å²) in [5.74, 6) is 2.11. The van der Waals surface area contributed by atoms with Crippen LogP contribution in [0, 0.1) is 0 Å². The van der Waals surface area contributed by atoms with Gasteiger partial charge in [-0.2, -0.15) is 4.98 Å². The average molecular weight is 400 g/mol. The first-order valence-electron chi connectivity index (χ1n) is 10.2. The van der Waals surface area contributed by atoms with E-state index < -0.39 is 0 Å². The first kappa shape index (κ1) is 19.2. The molecule has 5 nitrogen and oxygen atoms in total. The minimum absolute atomic E-state index is 0.0143. The molecule has 1 aliphatic rings. The number of benzene rings is 2. The molecule has 28 heavy (non-hydrogen) atoms. The van der Waals surface area contributed by atoms with Crippen molar-refractivity contribution >= 4 is 22.5 Å². The normalized spacial score (nSPS) is 17.4. The summed E-state index contributed by atoms with van der Waals surface area (Å²) in [5, 5.41) is 6.43. The average Bonchev–Trinajstić information content (AvgIpc) is 3.36. The van der Waals surface area contributed by atoms with Gasteiger partial charge in [0.15, 0.2) is 0 Å². The Bertz CT molecular complexity index is 927. The van der Waals surface area contributed by atoms with Crippen LogP contribution in [0.4, 0.5) is 0 Å². The second-order valence-electron chi connectivity index (χ2n) is 7.37. The molecule has 0 bridgehead atoms. The number of fused-ring (bicyclic) bond motifs is 1. The first-order valence-corrected chi connectivity index (χ1v) is 10.5. The van der Waals surface area contributed by atoms with Crippen LogP contribution in [-0.2, 0) is 0 Å². The lowest BCUT2D eigenvalue weighted by Gasteiger charge is -2.10. The van der Waals surface area contributed by atoms with Crippen LogP contribution >= 0.6 is 11.8 Å². The molecule has 0 N–H and O–H groups in total. The molecule has 0 amide bonds. The minimum atomic E-state index is 0.0143. The Labute approximate surface area is 170 Å². The predicted octanol–water partition coefficient (Wildman–Crippen LogP) is 6.14. The largest absolute Gasteiger partial charge is 0.494 e. The molecule has 2 aromatic carbocycles. The molecule has 1 aromatic heterocycles. The Morgan fingerprint density at radius 1 is 1.14 bits per heavy atom. The van der Waals surface area contributed by atoms with Crippen LogP contribution in [0.5, 0.6) is 5.75 Å². The Kier molecular flexibility index (Phi) is 6.13. The van der Waals surface area contributed by atoms with E-state index in [-0.39, 0.29) is 6.04 Å². The highest BCUT2D eigenvalue weighted by atomic mass is 35.5. The third-order valence-corrected chi connectivity index (χ3v) is 5.66. The molecule has 0 aliphatic carbocycles. The van der Waals surface area contributed by atoms with E-state index in [4.69, 9.17) is 21.0 Å². The van der Waals surface area contributed by atoms with Crippen molar-refractivity contribution in [1.29, 1.82) is 0 Å². The number of rotatable bonds is 8. The van der Waals surface area contributed by atoms with Crippen LogP contribution in [0.1, 0.15) is 57.4 Å². The monoisotopic (exact) mass is 399 g/mol. The smallest absolute Gasteiger partial charge is 0.245 e. The number of halogens is 1. The zero-order chi connectivity index (χ0) is 19.3. The summed E-state index contributed by atoms with van der Waals surface area (Å²) < 4.78 is 13.1. The Hall–Kier alpha value is -2.11. The number of hydrogen-bond donors (Lipinski definition) is 0. The van der Waals surface area contributed by atoms with E-state index in [0.29, 0.717) is 11.7 Å². The minimum Gasteiger partial charge on any atom is -0.494 e. The van der Waals surface area contributed by atoms with Crippen LogP contribution in [0.15, 0.2) is 40.9 Å². The zero-order valence-corrected chi connectivity index (χ0v) is 17.0. The van der Waals surface area contributed by atoms with E-state index in [0.717, 1.165) is 54.5 Å². The lowest BCUT2D eigenvalue weighted by Crippen LogP contribution is -2.11. The van der Waals surface area contributed by atoms with E-state index in [1.54, 1.807) is 4.42 Å². The van der Waals surface area contributed by atoms with Crippen LogP contribution in [0.25, 0.3) is 22.2 Å². The molecule has 4 rings (SSSR count). The summed E-state index contributed by atoms with van der Waals surface area (Å²) in [6.45, 7) is 3.84. The van der Waals surface area contributed by atoms with Gasteiger partial charge in [0.1, 0.15) is 11.8 Å². The molecule has 0 saturated carbocycles. The van der Waals surface area contributed by atoms with Crippen molar-refractivity contribution in [2.75, 3.05) is 13.2 Å². The topological polar surface area (TPSA) is 51.4 Å². The maximum Gasteiger partial charge on any atom is 0.245 e. The first-order chi connectivity index (χ1) is 13.7. The van der Waals surface area contributed by atoms with Gasteiger partial charge in [0.05, 0.1) is 6.61 Å². The van der Waals surface area contributed by atoms with Gasteiger partial charge in [-0.15, -0.1) is 0 Å². The highest BCUT2D eigenvalue weighted by Gasteiger charge is 2.29. The molecule has 1 saturated heterocycles.